The lowest BCUT2D eigenvalue weighted by molar-refractivity contribution is 0.164. The second-order valence-electron chi connectivity index (χ2n) is 5.10. The maximum absolute atomic E-state index is 6.06. The molecule has 1 aromatic heterocycles. The van der Waals surface area contributed by atoms with Crippen LogP contribution in [0.25, 0.3) is 0 Å². The Kier molecular flexibility index (Phi) is 3.54. The Hall–Kier alpha value is -2.10. The van der Waals surface area contributed by atoms with Gasteiger partial charge in [-0.25, -0.2) is 9.97 Å². The van der Waals surface area contributed by atoms with Crippen LogP contribution in [0.2, 0.25) is 0 Å². The summed E-state index contributed by atoms with van der Waals surface area (Å²) in [5.41, 5.74) is 2.26. The van der Waals surface area contributed by atoms with Crippen molar-refractivity contribution >= 4 is 5.95 Å². The monoisotopic (exact) mass is 269 g/mol. The molecule has 0 radical (unpaired) electrons. The molecule has 2 heterocycles. The maximum Gasteiger partial charge on any atom is 0.225 e. The molecule has 0 atom stereocenters. The highest BCUT2D eigenvalue weighted by atomic mass is 16.5. The summed E-state index contributed by atoms with van der Waals surface area (Å²) >= 11 is 0. The molecule has 0 unspecified atom stereocenters. The molecule has 1 fully saturated rings. The zero-order valence-corrected chi connectivity index (χ0v) is 11.9. The van der Waals surface area contributed by atoms with E-state index in [4.69, 9.17) is 4.74 Å². The van der Waals surface area contributed by atoms with Crippen molar-refractivity contribution in [3.05, 3.63) is 47.8 Å². The van der Waals surface area contributed by atoms with Crippen LogP contribution in [-0.4, -0.2) is 29.2 Å². The lowest BCUT2D eigenvalue weighted by atomic mass is 10.1. The molecule has 1 saturated heterocycles. The smallest absolute Gasteiger partial charge is 0.225 e. The Morgan fingerprint density at radius 2 is 2.05 bits per heavy atom. The molecule has 0 aliphatic carbocycles. The van der Waals surface area contributed by atoms with Crippen LogP contribution >= 0.6 is 0 Å². The van der Waals surface area contributed by atoms with E-state index in [0.29, 0.717) is 0 Å². The molecule has 104 valence electrons. The zero-order chi connectivity index (χ0) is 13.9. The molecule has 3 rings (SSSR count). The molecular weight excluding hydrogens is 250 g/mol. The standard InChI is InChI=1S/C16H19N3O/c1-3-13-6-4-5-7-15(13)20-14-10-19(11-14)16-17-9-8-12(2)18-16/h4-9,14H,3,10-11H2,1-2H3. The number of ether oxygens (including phenoxy) is 1. The summed E-state index contributed by atoms with van der Waals surface area (Å²) in [4.78, 5) is 10.9. The van der Waals surface area contributed by atoms with Gasteiger partial charge in [-0.3, -0.25) is 0 Å². The molecule has 20 heavy (non-hydrogen) atoms. The first-order chi connectivity index (χ1) is 9.76. The van der Waals surface area contributed by atoms with Crippen LogP contribution in [0.5, 0.6) is 5.75 Å². The van der Waals surface area contributed by atoms with E-state index in [1.54, 1.807) is 6.20 Å². The van der Waals surface area contributed by atoms with E-state index in [0.717, 1.165) is 36.9 Å². The minimum Gasteiger partial charge on any atom is -0.486 e. The molecule has 0 spiro atoms. The predicted octanol–water partition coefficient (Wildman–Crippen LogP) is 2.62. The molecule has 1 aliphatic heterocycles. The lowest BCUT2D eigenvalue weighted by Crippen LogP contribution is -2.54. The Morgan fingerprint density at radius 3 is 2.80 bits per heavy atom. The van der Waals surface area contributed by atoms with Gasteiger partial charge in [0, 0.05) is 11.9 Å². The van der Waals surface area contributed by atoms with Gasteiger partial charge in [-0.2, -0.15) is 0 Å². The Labute approximate surface area is 119 Å². The van der Waals surface area contributed by atoms with Crippen molar-refractivity contribution in [2.45, 2.75) is 26.4 Å². The number of rotatable bonds is 4. The zero-order valence-electron chi connectivity index (χ0n) is 11.9. The van der Waals surface area contributed by atoms with Gasteiger partial charge in [0.2, 0.25) is 5.95 Å². The molecule has 0 saturated carbocycles. The number of aryl methyl sites for hydroxylation is 2. The second-order valence-corrected chi connectivity index (χ2v) is 5.10. The number of aromatic nitrogens is 2. The van der Waals surface area contributed by atoms with Gasteiger partial charge in [-0.1, -0.05) is 25.1 Å². The lowest BCUT2D eigenvalue weighted by Gasteiger charge is -2.39. The minimum atomic E-state index is 0.229. The van der Waals surface area contributed by atoms with E-state index < -0.39 is 0 Å². The molecule has 0 N–H and O–H groups in total. The van der Waals surface area contributed by atoms with Crippen molar-refractivity contribution in [1.82, 2.24) is 9.97 Å². The molecule has 0 amide bonds. The highest BCUT2D eigenvalue weighted by Crippen LogP contribution is 2.24. The van der Waals surface area contributed by atoms with Crippen molar-refractivity contribution < 1.29 is 4.74 Å². The molecule has 4 nitrogen and oxygen atoms in total. The van der Waals surface area contributed by atoms with E-state index >= 15 is 0 Å². The van der Waals surface area contributed by atoms with Gasteiger partial charge in [-0.15, -0.1) is 0 Å². The van der Waals surface area contributed by atoms with Gasteiger partial charge in [0.15, 0.2) is 0 Å². The number of hydrogen-bond acceptors (Lipinski definition) is 4. The fourth-order valence-corrected chi connectivity index (χ4v) is 2.35. The summed E-state index contributed by atoms with van der Waals surface area (Å²) in [5.74, 6) is 1.80. The summed E-state index contributed by atoms with van der Waals surface area (Å²) in [6, 6.07) is 10.2. The summed E-state index contributed by atoms with van der Waals surface area (Å²) in [7, 11) is 0. The normalized spacial score (nSPS) is 15.0. The third-order valence-electron chi connectivity index (χ3n) is 3.56. The maximum atomic E-state index is 6.06. The van der Waals surface area contributed by atoms with Gasteiger partial charge in [-0.05, 0) is 31.0 Å². The number of para-hydroxylation sites is 1. The molecule has 0 bridgehead atoms. The Morgan fingerprint density at radius 1 is 1.25 bits per heavy atom. The van der Waals surface area contributed by atoms with E-state index in [9.17, 15) is 0 Å². The first-order valence-electron chi connectivity index (χ1n) is 7.05. The second kappa shape index (κ2) is 5.49. The van der Waals surface area contributed by atoms with Crippen LogP contribution < -0.4 is 9.64 Å². The van der Waals surface area contributed by atoms with E-state index in [1.807, 2.05) is 25.1 Å². The number of benzene rings is 1. The van der Waals surface area contributed by atoms with E-state index in [-0.39, 0.29) is 6.10 Å². The Bertz CT molecular complexity index is 594. The van der Waals surface area contributed by atoms with Gasteiger partial charge in [0.25, 0.3) is 0 Å². The summed E-state index contributed by atoms with van der Waals surface area (Å²) < 4.78 is 6.06. The van der Waals surface area contributed by atoms with Crippen LogP contribution in [-0.2, 0) is 6.42 Å². The van der Waals surface area contributed by atoms with Crippen LogP contribution in [0.1, 0.15) is 18.2 Å². The molecule has 1 aromatic carbocycles. The fraction of sp³-hybridized carbons (Fsp3) is 0.375. The number of anilines is 1. The number of nitrogens with zero attached hydrogens (tertiary/aromatic N) is 3. The van der Waals surface area contributed by atoms with Crippen LogP contribution in [0, 0.1) is 6.92 Å². The largest absolute Gasteiger partial charge is 0.486 e. The minimum absolute atomic E-state index is 0.229. The highest BCUT2D eigenvalue weighted by molar-refractivity contribution is 5.37. The van der Waals surface area contributed by atoms with Crippen molar-refractivity contribution in [1.29, 1.82) is 0 Å². The van der Waals surface area contributed by atoms with Crippen molar-refractivity contribution in [3.8, 4) is 5.75 Å². The van der Waals surface area contributed by atoms with Gasteiger partial charge in [0.1, 0.15) is 11.9 Å². The number of hydrogen-bond donors (Lipinski definition) is 0. The SMILES string of the molecule is CCc1ccccc1OC1CN(c2nccc(C)n2)C1. The summed E-state index contributed by atoms with van der Waals surface area (Å²) in [5, 5.41) is 0. The van der Waals surface area contributed by atoms with Crippen molar-refractivity contribution in [3.63, 3.8) is 0 Å². The molecular formula is C16H19N3O. The predicted molar refractivity (Wildman–Crippen MR) is 79.2 cm³/mol. The van der Waals surface area contributed by atoms with Crippen LogP contribution in [0.15, 0.2) is 36.5 Å². The molecule has 1 aliphatic rings. The third kappa shape index (κ3) is 2.59. The summed E-state index contributed by atoms with van der Waals surface area (Å²) in [6.45, 7) is 5.83. The van der Waals surface area contributed by atoms with Gasteiger partial charge >= 0.3 is 0 Å². The average molecular weight is 269 g/mol. The highest BCUT2D eigenvalue weighted by Gasteiger charge is 2.30. The van der Waals surface area contributed by atoms with Gasteiger partial charge in [0.05, 0.1) is 13.1 Å². The first-order valence-corrected chi connectivity index (χ1v) is 7.05. The van der Waals surface area contributed by atoms with E-state index in [2.05, 4.69) is 33.9 Å². The Balaban J connectivity index is 1.61. The summed E-state index contributed by atoms with van der Waals surface area (Å²) in [6.07, 6.45) is 3.03. The average Bonchev–Trinajstić information content (AvgIpc) is 2.42. The third-order valence-corrected chi connectivity index (χ3v) is 3.56. The van der Waals surface area contributed by atoms with Crippen LogP contribution in [0.3, 0.4) is 0 Å². The first kappa shape index (κ1) is 12.9. The fourth-order valence-electron chi connectivity index (χ4n) is 2.35. The quantitative estimate of drug-likeness (QED) is 0.855. The topological polar surface area (TPSA) is 38.2 Å². The van der Waals surface area contributed by atoms with Crippen molar-refractivity contribution in [2.24, 2.45) is 0 Å². The van der Waals surface area contributed by atoms with Gasteiger partial charge < -0.3 is 9.64 Å². The van der Waals surface area contributed by atoms with Crippen LogP contribution in [0.4, 0.5) is 5.95 Å². The molecule has 4 heteroatoms. The van der Waals surface area contributed by atoms with E-state index in [1.165, 1.54) is 5.56 Å². The molecule has 2 aromatic rings. The van der Waals surface area contributed by atoms with Crippen molar-refractivity contribution in [2.75, 3.05) is 18.0 Å².